The summed E-state index contributed by atoms with van der Waals surface area (Å²) < 4.78 is 5.13. The fourth-order valence-electron chi connectivity index (χ4n) is 2.56. The molecule has 1 amide bonds. The van der Waals surface area contributed by atoms with Crippen molar-refractivity contribution < 1.29 is 14.3 Å². The second-order valence-electron chi connectivity index (χ2n) is 5.76. The monoisotopic (exact) mass is 400 g/mol. The Hall–Kier alpha value is -2.51. The van der Waals surface area contributed by atoms with Crippen molar-refractivity contribution in [3.8, 4) is 11.3 Å². The zero-order valence-electron chi connectivity index (χ0n) is 14.9. The molecule has 0 saturated heterocycles. The van der Waals surface area contributed by atoms with Crippen LogP contribution in [0.1, 0.15) is 34.3 Å². The van der Waals surface area contributed by atoms with Crippen molar-refractivity contribution in [1.82, 2.24) is 4.98 Å². The van der Waals surface area contributed by atoms with E-state index in [1.807, 2.05) is 41.8 Å². The number of aromatic nitrogens is 1. The molecule has 0 aliphatic rings. The predicted octanol–water partition coefficient (Wildman–Crippen LogP) is 5.01. The van der Waals surface area contributed by atoms with Crippen LogP contribution in [0.25, 0.3) is 11.3 Å². The number of hydrogen-bond donors (Lipinski definition) is 1. The maximum absolute atomic E-state index is 12.3. The number of amides is 1. The normalized spacial score (nSPS) is 10.6. The lowest BCUT2D eigenvalue weighted by Crippen LogP contribution is -2.11. The van der Waals surface area contributed by atoms with Gasteiger partial charge in [-0.1, -0.05) is 47.7 Å². The van der Waals surface area contributed by atoms with Crippen LogP contribution < -0.4 is 5.32 Å². The lowest BCUT2D eigenvalue weighted by molar-refractivity contribution is -0.116. The average Bonchev–Trinajstić information content (AvgIpc) is 3.32. The first-order chi connectivity index (χ1) is 13.2. The third-order valence-corrected chi connectivity index (χ3v) is 5.68. The maximum Gasteiger partial charge on any atom is 0.350 e. The molecular formula is C20H20N2O3S2. The molecule has 0 atom stereocenters. The van der Waals surface area contributed by atoms with Gasteiger partial charge in [-0.3, -0.25) is 4.79 Å². The number of carbonyl (C=O) groups is 2. The van der Waals surface area contributed by atoms with Crippen molar-refractivity contribution >= 4 is 39.7 Å². The van der Waals surface area contributed by atoms with Gasteiger partial charge in [-0.2, -0.15) is 0 Å². The molecule has 7 heteroatoms. The number of esters is 1. The Morgan fingerprint density at radius 2 is 1.96 bits per heavy atom. The maximum atomic E-state index is 12.3. The van der Waals surface area contributed by atoms with Gasteiger partial charge >= 0.3 is 5.97 Å². The van der Waals surface area contributed by atoms with E-state index < -0.39 is 5.97 Å². The summed E-state index contributed by atoms with van der Waals surface area (Å²) in [6.07, 6.45) is 2.06. The summed E-state index contributed by atoms with van der Waals surface area (Å²) in [7, 11) is 0. The van der Waals surface area contributed by atoms with Gasteiger partial charge in [-0.25, -0.2) is 9.78 Å². The van der Waals surface area contributed by atoms with Gasteiger partial charge < -0.3 is 10.1 Å². The fraction of sp³-hybridized carbons (Fsp3) is 0.250. The third kappa shape index (κ3) is 5.24. The standard InChI is InChI=1S/C20H20N2O3S2/c1-2-25-19(24)18-17(14-8-4-3-5-9-14)22-20(27-18)21-16(23)12-6-10-15-11-7-13-26-15/h3-5,7-9,11,13H,2,6,10,12H2,1H3,(H,21,22,23). The largest absolute Gasteiger partial charge is 0.462 e. The van der Waals surface area contributed by atoms with E-state index in [9.17, 15) is 9.59 Å². The molecule has 0 bridgehead atoms. The second-order valence-corrected chi connectivity index (χ2v) is 7.80. The number of thiophene rings is 1. The van der Waals surface area contributed by atoms with Crippen LogP contribution >= 0.6 is 22.7 Å². The summed E-state index contributed by atoms with van der Waals surface area (Å²) in [5, 5.41) is 5.26. The summed E-state index contributed by atoms with van der Waals surface area (Å²) in [5.41, 5.74) is 1.35. The van der Waals surface area contributed by atoms with Crippen molar-refractivity contribution in [1.29, 1.82) is 0 Å². The van der Waals surface area contributed by atoms with Gasteiger partial charge in [-0.05, 0) is 31.2 Å². The summed E-state index contributed by atoms with van der Waals surface area (Å²) in [6, 6.07) is 13.5. The molecule has 3 rings (SSSR count). The highest BCUT2D eigenvalue weighted by atomic mass is 32.1. The number of aryl methyl sites for hydroxylation is 1. The minimum absolute atomic E-state index is 0.102. The van der Waals surface area contributed by atoms with Crippen LogP contribution in [-0.2, 0) is 16.0 Å². The topological polar surface area (TPSA) is 68.3 Å². The van der Waals surface area contributed by atoms with E-state index >= 15 is 0 Å². The minimum Gasteiger partial charge on any atom is -0.462 e. The first-order valence-electron chi connectivity index (χ1n) is 8.73. The molecular weight excluding hydrogens is 380 g/mol. The molecule has 5 nitrogen and oxygen atoms in total. The highest BCUT2D eigenvalue weighted by Gasteiger charge is 2.21. The Kier molecular flexibility index (Phi) is 6.73. The minimum atomic E-state index is -0.424. The summed E-state index contributed by atoms with van der Waals surface area (Å²) in [4.78, 5) is 30.7. The van der Waals surface area contributed by atoms with E-state index in [0.29, 0.717) is 22.1 Å². The van der Waals surface area contributed by atoms with Crippen LogP contribution in [0.3, 0.4) is 0 Å². The summed E-state index contributed by atoms with van der Waals surface area (Å²) in [6.45, 7) is 2.05. The number of thiazole rings is 1. The molecule has 27 heavy (non-hydrogen) atoms. The molecule has 2 heterocycles. The average molecular weight is 401 g/mol. The van der Waals surface area contributed by atoms with Crippen molar-refractivity contribution in [2.24, 2.45) is 0 Å². The molecule has 0 aliphatic heterocycles. The number of hydrogen-bond acceptors (Lipinski definition) is 6. The molecule has 2 aromatic heterocycles. The Morgan fingerprint density at radius 1 is 1.15 bits per heavy atom. The number of rotatable bonds is 8. The first-order valence-corrected chi connectivity index (χ1v) is 10.4. The van der Waals surface area contributed by atoms with Crippen LogP contribution in [0.4, 0.5) is 5.13 Å². The number of anilines is 1. The van der Waals surface area contributed by atoms with Crippen LogP contribution in [0.2, 0.25) is 0 Å². The molecule has 0 fully saturated rings. The van der Waals surface area contributed by atoms with Crippen molar-refractivity contribution in [3.63, 3.8) is 0 Å². The van der Waals surface area contributed by atoms with E-state index in [1.165, 1.54) is 4.88 Å². The number of ether oxygens (including phenoxy) is 1. The van der Waals surface area contributed by atoms with E-state index in [1.54, 1.807) is 18.3 Å². The molecule has 140 valence electrons. The summed E-state index contributed by atoms with van der Waals surface area (Å²) >= 11 is 2.84. The van der Waals surface area contributed by atoms with E-state index in [0.717, 1.165) is 29.7 Å². The highest BCUT2D eigenvalue weighted by Crippen LogP contribution is 2.32. The predicted molar refractivity (Wildman–Crippen MR) is 109 cm³/mol. The number of nitrogens with one attached hydrogen (secondary N) is 1. The van der Waals surface area contributed by atoms with Gasteiger partial charge in [0.15, 0.2) is 5.13 Å². The second kappa shape index (κ2) is 9.43. The van der Waals surface area contributed by atoms with Crippen molar-refractivity contribution in [2.45, 2.75) is 26.2 Å². The number of benzene rings is 1. The lowest BCUT2D eigenvalue weighted by Gasteiger charge is -2.01. The van der Waals surface area contributed by atoms with Crippen LogP contribution in [0.15, 0.2) is 47.8 Å². The van der Waals surface area contributed by atoms with Gasteiger partial charge in [-0.15, -0.1) is 11.3 Å². The zero-order chi connectivity index (χ0) is 19.1. The smallest absolute Gasteiger partial charge is 0.350 e. The molecule has 3 aromatic rings. The molecule has 0 unspecified atom stereocenters. The van der Waals surface area contributed by atoms with Gasteiger partial charge in [0.1, 0.15) is 4.88 Å². The highest BCUT2D eigenvalue weighted by molar-refractivity contribution is 7.18. The van der Waals surface area contributed by atoms with E-state index in [2.05, 4.69) is 16.4 Å². The molecule has 0 saturated carbocycles. The zero-order valence-corrected chi connectivity index (χ0v) is 16.6. The van der Waals surface area contributed by atoms with Crippen molar-refractivity contribution in [2.75, 3.05) is 11.9 Å². The fourth-order valence-corrected chi connectivity index (χ4v) is 4.21. The Bertz CT molecular complexity index is 889. The lowest BCUT2D eigenvalue weighted by atomic mass is 10.1. The van der Waals surface area contributed by atoms with Gasteiger partial charge in [0.05, 0.1) is 12.3 Å². The SMILES string of the molecule is CCOC(=O)c1sc(NC(=O)CCCc2cccs2)nc1-c1ccccc1. The van der Waals surface area contributed by atoms with Crippen LogP contribution in [0, 0.1) is 0 Å². The quantitative estimate of drug-likeness (QED) is 0.540. The molecule has 0 radical (unpaired) electrons. The Balaban J connectivity index is 1.69. The number of nitrogens with zero attached hydrogens (tertiary/aromatic N) is 1. The van der Waals surface area contributed by atoms with Crippen molar-refractivity contribution in [3.05, 3.63) is 57.6 Å². The Labute approximate surface area is 166 Å². The van der Waals surface area contributed by atoms with E-state index in [4.69, 9.17) is 4.74 Å². The van der Waals surface area contributed by atoms with Gasteiger partial charge in [0, 0.05) is 16.9 Å². The summed E-state index contributed by atoms with van der Waals surface area (Å²) in [5.74, 6) is -0.526. The van der Waals surface area contributed by atoms with E-state index in [-0.39, 0.29) is 12.5 Å². The Morgan fingerprint density at radius 3 is 2.67 bits per heavy atom. The van der Waals surface area contributed by atoms with Gasteiger partial charge in [0.2, 0.25) is 5.91 Å². The van der Waals surface area contributed by atoms with Crippen LogP contribution in [0.5, 0.6) is 0 Å². The molecule has 1 aromatic carbocycles. The van der Waals surface area contributed by atoms with Crippen LogP contribution in [-0.4, -0.2) is 23.5 Å². The number of carbonyl (C=O) groups excluding carboxylic acids is 2. The third-order valence-electron chi connectivity index (χ3n) is 3.79. The molecule has 1 N–H and O–H groups in total. The molecule has 0 aliphatic carbocycles. The first kappa shape index (κ1) is 19.3. The molecule has 0 spiro atoms. The van der Waals surface area contributed by atoms with Gasteiger partial charge in [0.25, 0.3) is 0 Å².